The van der Waals surface area contributed by atoms with Crippen molar-refractivity contribution >= 4 is 23.3 Å². The number of benzene rings is 1. The van der Waals surface area contributed by atoms with Gasteiger partial charge in [0.1, 0.15) is 0 Å². The van der Waals surface area contributed by atoms with E-state index in [0.29, 0.717) is 11.5 Å². The molecule has 1 aromatic carbocycles. The Labute approximate surface area is 121 Å². The second-order valence-electron chi connectivity index (χ2n) is 4.88. The maximum atomic E-state index is 10.8. The highest BCUT2D eigenvalue weighted by Crippen LogP contribution is 2.33. The van der Waals surface area contributed by atoms with Gasteiger partial charge in [-0.3, -0.25) is 10.1 Å². The van der Waals surface area contributed by atoms with Crippen molar-refractivity contribution in [3.8, 4) is 0 Å². The monoisotopic (exact) mass is 295 g/mol. The van der Waals surface area contributed by atoms with Crippen LogP contribution < -0.4 is 5.73 Å². The molecule has 1 aromatic rings. The maximum Gasteiger partial charge on any atom is 0.270 e. The summed E-state index contributed by atoms with van der Waals surface area (Å²) < 4.78 is 0. The van der Waals surface area contributed by atoms with Gasteiger partial charge in [0.05, 0.1) is 4.92 Å². The number of hydrogen-bond acceptors (Lipinski definition) is 5. The largest absolute Gasteiger partial charge is 0.409 e. The highest BCUT2D eigenvalue weighted by atomic mass is 32.2. The molecule has 2 rings (SSSR count). The zero-order chi connectivity index (χ0) is 14.5. The molecule has 0 spiro atoms. The number of rotatable bonds is 5. The van der Waals surface area contributed by atoms with Crippen LogP contribution in [0.1, 0.15) is 31.2 Å². The molecule has 0 aromatic heterocycles. The summed E-state index contributed by atoms with van der Waals surface area (Å²) in [4.78, 5) is 11.1. The third kappa shape index (κ3) is 3.41. The van der Waals surface area contributed by atoms with E-state index in [2.05, 4.69) is 5.16 Å². The summed E-state index contributed by atoms with van der Waals surface area (Å²) in [5, 5.41) is 22.6. The van der Waals surface area contributed by atoms with Gasteiger partial charge in [-0.2, -0.15) is 0 Å². The van der Waals surface area contributed by atoms with Gasteiger partial charge in [0.15, 0.2) is 5.84 Å². The van der Waals surface area contributed by atoms with E-state index in [1.54, 1.807) is 17.8 Å². The third-order valence-electron chi connectivity index (χ3n) is 3.51. The SMILES string of the molecule is NC(=NO)c1cc([N+](=O)[O-])ccc1SCC1CCCC1. The first-order valence-corrected chi connectivity index (χ1v) is 7.49. The molecule has 1 aliphatic carbocycles. The topological polar surface area (TPSA) is 102 Å². The predicted molar refractivity (Wildman–Crippen MR) is 78.3 cm³/mol. The Balaban J connectivity index is 2.19. The van der Waals surface area contributed by atoms with Gasteiger partial charge in [-0.15, -0.1) is 11.8 Å². The molecule has 0 heterocycles. The summed E-state index contributed by atoms with van der Waals surface area (Å²) in [7, 11) is 0. The average Bonchev–Trinajstić information content (AvgIpc) is 2.97. The zero-order valence-electron chi connectivity index (χ0n) is 11.0. The quantitative estimate of drug-likeness (QED) is 0.217. The van der Waals surface area contributed by atoms with Crippen LogP contribution in [0.5, 0.6) is 0 Å². The number of non-ortho nitro benzene ring substituents is 1. The Hall–Kier alpha value is -1.76. The summed E-state index contributed by atoms with van der Waals surface area (Å²) in [6.45, 7) is 0. The lowest BCUT2D eigenvalue weighted by Crippen LogP contribution is -2.15. The Bertz CT molecular complexity index is 528. The molecular weight excluding hydrogens is 278 g/mol. The van der Waals surface area contributed by atoms with Gasteiger partial charge in [0, 0.05) is 28.3 Å². The Kier molecular flexibility index (Phi) is 4.84. The highest BCUT2D eigenvalue weighted by Gasteiger charge is 2.18. The molecule has 108 valence electrons. The van der Waals surface area contributed by atoms with Gasteiger partial charge >= 0.3 is 0 Å². The predicted octanol–water partition coefficient (Wildman–Crippen LogP) is 2.97. The van der Waals surface area contributed by atoms with E-state index in [9.17, 15) is 10.1 Å². The van der Waals surface area contributed by atoms with Crippen LogP contribution in [0.3, 0.4) is 0 Å². The van der Waals surface area contributed by atoms with E-state index in [-0.39, 0.29) is 11.5 Å². The normalized spacial score (nSPS) is 16.5. The van der Waals surface area contributed by atoms with Crippen molar-refractivity contribution in [3.63, 3.8) is 0 Å². The van der Waals surface area contributed by atoms with Gasteiger partial charge < -0.3 is 10.9 Å². The lowest BCUT2D eigenvalue weighted by Gasteiger charge is -2.11. The summed E-state index contributed by atoms with van der Waals surface area (Å²) >= 11 is 1.61. The van der Waals surface area contributed by atoms with Crippen molar-refractivity contribution in [2.24, 2.45) is 16.8 Å². The van der Waals surface area contributed by atoms with Crippen molar-refractivity contribution in [1.82, 2.24) is 0 Å². The molecule has 0 bridgehead atoms. The van der Waals surface area contributed by atoms with E-state index in [0.717, 1.165) is 10.6 Å². The molecule has 0 radical (unpaired) electrons. The van der Waals surface area contributed by atoms with Gasteiger partial charge in [-0.1, -0.05) is 18.0 Å². The van der Waals surface area contributed by atoms with Gasteiger partial charge in [0.2, 0.25) is 0 Å². The summed E-state index contributed by atoms with van der Waals surface area (Å²) in [6.07, 6.45) is 5.02. The number of hydrogen-bond donors (Lipinski definition) is 2. The van der Waals surface area contributed by atoms with E-state index in [1.165, 1.54) is 37.8 Å². The summed E-state index contributed by atoms with van der Waals surface area (Å²) in [6, 6.07) is 4.47. The van der Waals surface area contributed by atoms with E-state index >= 15 is 0 Å². The van der Waals surface area contributed by atoms with Gasteiger partial charge in [0.25, 0.3) is 5.69 Å². The van der Waals surface area contributed by atoms with Crippen molar-refractivity contribution in [2.75, 3.05) is 5.75 Å². The molecule has 3 N–H and O–H groups in total. The number of nitrogens with zero attached hydrogens (tertiary/aromatic N) is 2. The van der Waals surface area contributed by atoms with Crippen molar-refractivity contribution in [2.45, 2.75) is 30.6 Å². The smallest absolute Gasteiger partial charge is 0.270 e. The molecule has 0 unspecified atom stereocenters. The number of thioether (sulfide) groups is 1. The van der Waals surface area contributed by atoms with Crippen LogP contribution in [0.15, 0.2) is 28.3 Å². The van der Waals surface area contributed by atoms with Crippen LogP contribution in [0, 0.1) is 16.0 Å². The molecule has 20 heavy (non-hydrogen) atoms. The molecule has 0 atom stereocenters. The first-order chi connectivity index (χ1) is 9.61. The molecule has 1 aliphatic rings. The standard InChI is InChI=1S/C13H17N3O3S/c14-13(15-17)11-7-10(16(18)19)5-6-12(11)20-8-9-3-1-2-4-9/h5-7,9,17H,1-4,8H2,(H2,14,15). The minimum atomic E-state index is -0.487. The second kappa shape index (κ2) is 6.60. The van der Waals surface area contributed by atoms with Crippen LogP contribution in [0.4, 0.5) is 5.69 Å². The van der Waals surface area contributed by atoms with E-state index in [4.69, 9.17) is 10.9 Å². The van der Waals surface area contributed by atoms with Crippen LogP contribution in [0.2, 0.25) is 0 Å². The molecule has 0 saturated heterocycles. The lowest BCUT2D eigenvalue weighted by atomic mass is 10.1. The highest BCUT2D eigenvalue weighted by molar-refractivity contribution is 7.99. The second-order valence-corrected chi connectivity index (χ2v) is 5.95. The molecule has 0 aliphatic heterocycles. The van der Waals surface area contributed by atoms with Crippen molar-refractivity contribution in [1.29, 1.82) is 0 Å². The fourth-order valence-corrected chi connectivity index (χ4v) is 3.63. The number of nitrogens with two attached hydrogens (primary N) is 1. The minimum Gasteiger partial charge on any atom is -0.409 e. The van der Waals surface area contributed by atoms with Gasteiger partial charge in [-0.05, 0) is 24.8 Å². The average molecular weight is 295 g/mol. The maximum absolute atomic E-state index is 10.8. The van der Waals surface area contributed by atoms with Crippen molar-refractivity contribution < 1.29 is 10.1 Å². The fraction of sp³-hybridized carbons (Fsp3) is 0.462. The first-order valence-electron chi connectivity index (χ1n) is 6.51. The van der Waals surface area contributed by atoms with Crippen molar-refractivity contribution in [3.05, 3.63) is 33.9 Å². The number of nitro benzene ring substituents is 1. The Morgan fingerprint density at radius 1 is 1.50 bits per heavy atom. The van der Waals surface area contributed by atoms with Crippen LogP contribution in [-0.4, -0.2) is 21.7 Å². The summed E-state index contributed by atoms with van der Waals surface area (Å²) in [5.41, 5.74) is 5.97. The number of amidine groups is 1. The Morgan fingerprint density at radius 2 is 2.20 bits per heavy atom. The van der Waals surface area contributed by atoms with E-state index < -0.39 is 4.92 Å². The molecule has 1 saturated carbocycles. The van der Waals surface area contributed by atoms with Crippen LogP contribution in [-0.2, 0) is 0 Å². The zero-order valence-corrected chi connectivity index (χ0v) is 11.8. The number of oxime groups is 1. The summed E-state index contributed by atoms with van der Waals surface area (Å²) in [5.74, 6) is 1.56. The Morgan fingerprint density at radius 3 is 2.80 bits per heavy atom. The first kappa shape index (κ1) is 14.6. The van der Waals surface area contributed by atoms with Gasteiger partial charge in [-0.25, -0.2) is 0 Å². The lowest BCUT2D eigenvalue weighted by molar-refractivity contribution is -0.384. The minimum absolute atomic E-state index is 0.0585. The fourth-order valence-electron chi connectivity index (χ4n) is 2.40. The molecule has 0 amide bonds. The molecular formula is C13H17N3O3S. The van der Waals surface area contributed by atoms with Crippen LogP contribution in [0.25, 0.3) is 0 Å². The van der Waals surface area contributed by atoms with Crippen LogP contribution >= 0.6 is 11.8 Å². The number of nitro groups is 1. The molecule has 7 heteroatoms. The molecule has 6 nitrogen and oxygen atoms in total. The van der Waals surface area contributed by atoms with E-state index in [1.807, 2.05) is 0 Å². The molecule has 1 fully saturated rings. The third-order valence-corrected chi connectivity index (χ3v) is 4.81.